The van der Waals surface area contributed by atoms with E-state index >= 15 is 0 Å². The number of amides is 1. The molecule has 0 saturated carbocycles. The van der Waals surface area contributed by atoms with Gasteiger partial charge in [0.2, 0.25) is 5.91 Å². The van der Waals surface area contributed by atoms with Crippen LogP contribution in [0.5, 0.6) is 5.75 Å². The molecular formula is C28H36FN5O4. The van der Waals surface area contributed by atoms with Crippen molar-refractivity contribution in [3.8, 4) is 22.8 Å². The minimum atomic E-state index is -0.567. The van der Waals surface area contributed by atoms with Crippen molar-refractivity contribution in [2.24, 2.45) is 0 Å². The topological polar surface area (TPSA) is 102 Å². The third-order valence-corrected chi connectivity index (χ3v) is 6.85. The van der Waals surface area contributed by atoms with Crippen molar-refractivity contribution in [3.63, 3.8) is 0 Å². The standard InChI is InChI=1S/C28H36FN5O4/c1-19(2)30-25(35)18-33-26(21-7-10-23(29)24(17-21)38-4)31-34(27(33)36)22-8-5-20(6-9-22)11-14-32-15-12-28(3,37)13-16-32/h5-10,17,19,37H,11-16,18H2,1-4H3,(H,30,35). The third kappa shape index (κ3) is 6.49. The van der Waals surface area contributed by atoms with Crippen LogP contribution < -0.4 is 15.7 Å². The Hall–Kier alpha value is -3.50. The number of ether oxygens (including phenoxy) is 1. The number of halogens is 1. The van der Waals surface area contributed by atoms with Crippen LogP contribution in [-0.2, 0) is 17.8 Å². The van der Waals surface area contributed by atoms with Gasteiger partial charge in [0.1, 0.15) is 6.54 Å². The molecule has 9 nitrogen and oxygen atoms in total. The second-order valence-electron chi connectivity index (χ2n) is 10.4. The molecule has 1 saturated heterocycles. The summed E-state index contributed by atoms with van der Waals surface area (Å²) in [4.78, 5) is 28.3. The van der Waals surface area contributed by atoms with E-state index in [1.54, 1.807) is 0 Å². The third-order valence-electron chi connectivity index (χ3n) is 6.85. The fraction of sp³-hybridized carbons (Fsp3) is 0.464. The lowest BCUT2D eigenvalue weighted by atomic mass is 9.93. The highest BCUT2D eigenvalue weighted by Crippen LogP contribution is 2.25. The molecule has 0 spiro atoms. The van der Waals surface area contributed by atoms with Gasteiger partial charge in [-0.05, 0) is 75.9 Å². The summed E-state index contributed by atoms with van der Waals surface area (Å²) >= 11 is 0. The van der Waals surface area contributed by atoms with Gasteiger partial charge in [-0.2, -0.15) is 4.68 Å². The lowest BCUT2D eigenvalue weighted by Gasteiger charge is -2.35. The first kappa shape index (κ1) is 27.5. The molecule has 2 heterocycles. The quantitative estimate of drug-likeness (QED) is 0.446. The summed E-state index contributed by atoms with van der Waals surface area (Å²) < 4.78 is 21.7. The second-order valence-corrected chi connectivity index (χ2v) is 10.4. The van der Waals surface area contributed by atoms with E-state index in [0.717, 1.165) is 44.5 Å². The summed E-state index contributed by atoms with van der Waals surface area (Å²) in [6, 6.07) is 11.7. The van der Waals surface area contributed by atoms with Gasteiger partial charge >= 0.3 is 5.69 Å². The van der Waals surface area contributed by atoms with E-state index in [1.165, 1.54) is 34.6 Å². The van der Waals surface area contributed by atoms with Crippen molar-refractivity contribution in [2.75, 3.05) is 26.7 Å². The molecule has 1 aliphatic heterocycles. The van der Waals surface area contributed by atoms with E-state index in [4.69, 9.17) is 4.74 Å². The normalized spacial score (nSPS) is 15.6. The van der Waals surface area contributed by atoms with E-state index in [1.807, 2.05) is 45.0 Å². The number of methoxy groups -OCH3 is 1. The highest BCUT2D eigenvalue weighted by atomic mass is 19.1. The van der Waals surface area contributed by atoms with Crippen molar-refractivity contribution >= 4 is 5.91 Å². The summed E-state index contributed by atoms with van der Waals surface area (Å²) in [5, 5.41) is 17.5. The number of rotatable bonds is 9. The number of benzene rings is 2. The van der Waals surface area contributed by atoms with Gasteiger partial charge in [-0.1, -0.05) is 12.1 Å². The van der Waals surface area contributed by atoms with Gasteiger partial charge in [-0.15, -0.1) is 5.10 Å². The molecule has 38 heavy (non-hydrogen) atoms. The number of piperidine rings is 1. The molecule has 2 aromatic carbocycles. The molecule has 3 aromatic rings. The molecule has 1 aromatic heterocycles. The highest BCUT2D eigenvalue weighted by Gasteiger charge is 2.27. The molecule has 0 unspecified atom stereocenters. The zero-order valence-electron chi connectivity index (χ0n) is 22.4. The monoisotopic (exact) mass is 525 g/mol. The zero-order valence-corrected chi connectivity index (χ0v) is 22.4. The van der Waals surface area contributed by atoms with Gasteiger partial charge in [0.15, 0.2) is 17.4 Å². The molecule has 4 rings (SSSR count). The molecule has 0 radical (unpaired) electrons. The van der Waals surface area contributed by atoms with Crippen LogP contribution in [0.25, 0.3) is 17.1 Å². The number of nitrogens with one attached hydrogen (secondary N) is 1. The molecule has 1 amide bonds. The maximum absolute atomic E-state index is 14.0. The van der Waals surface area contributed by atoms with E-state index in [0.29, 0.717) is 11.3 Å². The first-order valence-electron chi connectivity index (χ1n) is 12.9. The van der Waals surface area contributed by atoms with E-state index in [9.17, 15) is 19.1 Å². The molecule has 2 N–H and O–H groups in total. The molecule has 204 valence electrons. The summed E-state index contributed by atoms with van der Waals surface area (Å²) in [5.74, 6) is -0.610. The average molecular weight is 526 g/mol. The van der Waals surface area contributed by atoms with E-state index in [2.05, 4.69) is 15.3 Å². The predicted molar refractivity (Wildman–Crippen MR) is 143 cm³/mol. The van der Waals surface area contributed by atoms with Crippen molar-refractivity contribution in [1.82, 2.24) is 24.6 Å². The SMILES string of the molecule is COc1cc(-c2nn(-c3ccc(CCN4CCC(C)(O)CC4)cc3)c(=O)n2CC(=O)NC(C)C)ccc1F. The van der Waals surface area contributed by atoms with Crippen LogP contribution in [0, 0.1) is 5.82 Å². The first-order chi connectivity index (χ1) is 18.1. The minimum Gasteiger partial charge on any atom is -0.494 e. The largest absolute Gasteiger partial charge is 0.494 e. The van der Waals surface area contributed by atoms with Crippen LogP contribution in [0.4, 0.5) is 4.39 Å². The van der Waals surface area contributed by atoms with Crippen molar-refractivity contribution < 1.29 is 19.0 Å². The fourth-order valence-electron chi connectivity index (χ4n) is 4.58. The minimum absolute atomic E-state index is 0.0179. The number of aliphatic hydroxyl groups is 1. The number of nitrogens with zero attached hydrogens (tertiary/aromatic N) is 4. The lowest BCUT2D eigenvalue weighted by Crippen LogP contribution is -2.43. The van der Waals surface area contributed by atoms with Crippen molar-refractivity contribution in [1.29, 1.82) is 0 Å². The molecule has 0 aliphatic carbocycles. The Labute approximate surface area is 221 Å². The number of aromatic nitrogens is 3. The number of carbonyl (C=O) groups is 1. The number of carbonyl (C=O) groups excluding carboxylic acids is 1. The van der Waals surface area contributed by atoms with Crippen LogP contribution >= 0.6 is 0 Å². The molecule has 0 bridgehead atoms. The molecule has 1 aliphatic rings. The predicted octanol–water partition coefficient (Wildman–Crippen LogP) is 2.76. The molecule has 1 fully saturated rings. The van der Waals surface area contributed by atoms with Gasteiger partial charge in [-0.3, -0.25) is 9.36 Å². The Kier molecular flexibility index (Phi) is 8.32. The van der Waals surface area contributed by atoms with Crippen LogP contribution in [0.3, 0.4) is 0 Å². The van der Waals surface area contributed by atoms with Crippen molar-refractivity contribution in [3.05, 3.63) is 64.3 Å². The van der Waals surface area contributed by atoms with E-state index in [-0.39, 0.29) is 30.1 Å². The lowest BCUT2D eigenvalue weighted by molar-refractivity contribution is -0.122. The average Bonchev–Trinajstić information content (AvgIpc) is 3.19. The second kappa shape index (κ2) is 11.5. The van der Waals surface area contributed by atoms with Gasteiger partial charge < -0.3 is 20.1 Å². The van der Waals surface area contributed by atoms with E-state index < -0.39 is 17.1 Å². The van der Waals surface area contributed by atoms with Gasteiger partial charge in [0.25, 0.3) is 0 Å². The Balaban J connectivity index is 1.59. The fourth-order valence-corrected chi connectivity index (χ4v) is 4.58. The number of hydrogen-bond donors (Lipinski definition) is 2. The number of hydrogen-bond acceptors (Lipinski definition) is 6. The summed E-state index contributed by atoms with van der Waals surface area (Å²) in [6.07, 6.45) is 2.39. The van der Waals surface area contributed by atoms with Crippen LogP contribution in [-0.4, -0.2) is 68.6 Å². The Morgan fingerprint density at radius 3 is 2.50 bits per heavy atom. The molecular weight excluding hydrogens is 489 g/mol. The highest BCUT2D eigenvalue weighted by molar-refractivity contribution is 5.76. The van der Waals surface area contributed by atoms with Crippen LogP contribution in [0.1, 0.15) is 39.2 Å². The Bertz CT molecular complexity index is 1320. The van der Waals surface area contributed by atoms with Crippen LogP contribution in [0.2, 0.25) is 0 Å². The summed E-state index contributed by atoms with van der Waals surface area (Å²) in [7, 11) is 1.36. The summed E-state index contributed by atoms with van der Waals surface area (Å²) in [6.45, 7) is 7.98. The van der Waals surface area contributed by atoms with Gasteiger partial charge in [0.05, 0.1) is 18.4 Å². The number of likely N-dealkylation sites (tertiary alicyclic amines) is 1. The summed E-state index contributed by atoms with van der Waals surface area (Å²) in [5.41, 5.74) is 1.09. The maximum atomic E-state index is 14.0. The Morgan fingerprint density at radius 1 is 1.18 bits per heavy atom. The first-order valence-corrected chi connectivity index (χ1v) is 12.9. The Morgan fingerprint density at radius 2 is 1.87 bits per heavy atom. The molecule has 10 heteroatoms. The van der Waals surface area contributed by atoms with Crippen LogP contribution in [0.15, 0.2) is 47.3 Å². The maximum Gasteiger partial charge on any atom is 0.351 e. The van der Waals surface area contributed by atoms with Gasteiger partial charge in [0, 0.05) is 31.2 Å². The molecule has 0 atom stereocenters. The van der Waals surface area contributed by atoms with Gasteiger partial charge in [-0.25, -0.2) is 9.18 Å². The van der Waals surface area contributed by atoms with Crippen molar-refractivity contribution in [2.45, 2.75) is 58.2 Å². The zero-order chi connectivity index (χ0) is 27.4. The smallest absolute Gasteiger partial charge is 0.351 e.